The third kappa shape index (κ3) is 4.83. The minimum Gasteiger partial charge on any atom is -0.385 e. The van der Waals surface area contributed by atoms with E-state index in [1.165, 1.54) is 42.2 Å². The molecule has 1 amide bonds. The molecule has 2 atom stereocenters. The largest absolute Gasteiger partial charge is 0.385 e. The molecule has 40 heavy (non-hydrogen) atoms. The third-order valence-corrected chi connectivity index (χ3v) is 10.0. The Morgan fingerprint density at radius 3 is 2.65 bits per heavy atom. The summed E-state index contributed by atoms with van der Waals surface area (Å²) in [6.07, 6.45) is 6.45. The number of para-hydroxylation sites is 1. The van der Waals surface area contributed by atoms with Gasteiger partial charge < -0.3 is 19.5 Å². The lowest BCUT2D eigenvalue weighted by Crippen LogP contribution is -2.47. The standard InChI is InChI=1S/C34H37N3O2S/c1-39-18-6-17-36-21-24(27-7-2-4-9-31(27)36)22-37(25-12-13-25)34(38)30-20-35-16-15-26(30)23-11-14-33-29(19-23)28-8-3-5-10-32(28)40-33/h2-5,7-11,14,19,21,25-26,30,35H,6,12-13,15-18,20,22H2,1H3/t26-,30+/m1/s1. The fourth-order valence-corrected chi connectivity index (χ4v) is 7.76. The van der Waals surface area contributed by atoms with Crippen LogP contribution in [0.1, 0.15) is 42.7 Å². The number of amides is 1. The number of carbonyl (C=O) groups excluding carboxylic acids is 1. The zero-order valence-corrected chi connectivity index (χ0v) is 24.0. The molecule has 0 radical (unpaired) electrons. The van der Waals surface area contributed by atoms with Crippen molar-refractivity contribution in [3.05, 3.63) is 84.1 Å². The molecule has 1 saturated heterocycles. The van der Waals surface area contributed by atoms with Crippen LogP contribution in [0.15, 0.2) is 72.9 Å². The molecular formula is C34H37N3O2S. The SMILES string of the molecule is COCCCn1cc(CN(C(=O)[C@H]2CNCC[C@@H]2c2ccc3sc4ccccc4c3c2)C2CC2)c2ccccc21. The lowest BCUT2D eigenvalue weighted by atomic mass is 9.80. The Bertz CT molecular complexity index is 1670. The number of piperidine rings is 1. The van der Waals surface area contributed by atoms with Crippen LogP contribution >= 0.6 is 11.3 Å². The van der Waals surface area contributed by atoms with Gasteiger partial charge in [-0.2, -0.15) is 0 Å². The van der Waals surface area contributed by atoms with Crippen LogP contribution in [0.5, 0.6) is 0 Å². The van der Waals surface area contributed by atoms with Crippen molar-refractivity contribution in [1.82, 2.24) is 14.8 Å². The molecule has 5 nitrogen and oxygen atoms in total. The number of hydrogen-bond acceptors (Lipinski definition) is 4. The van der Waals surface area contributed by atoms with Crippen LogP contribution < -0.4 is 5.32 Å². The number of aromatic nitrogens is 1. The van der Waals surface area contributed by atoms with Gasteiger partial charge in [0.1, 0.15) is 0 Å². The van der Waals surface area contributed by atoms with Crippen LogP contribution in [-0.4, -0.2) is 48.2 Å². The number of nitrogens with zero attached hydrogens (tertiary/aromatic N) is 2. The maximum absolute atomic E-state index is 14.4. The third-order valence-electron chi connectivity index (χ3n) is 8.86. The van der Waals surface area contributed by atoms with Crippen LogP contribution in [0, 0.1) is 5.92 Å². The molecule has 1 aliphatic carbocycles. The monoisotopic (exact) mass is 551 g/mol. The molecular weight excluding hydrogens is 514 g/mol. The summed E-state index contributed by atoms with van der Waals surface area (Å²) in [7, 11) is 1.76. The van der Waals surface area contributed by atoms with Gasteiger partial charge in [-0.1, -0.05) is 42.5 Å². The Morgan fingerprint density at radius 1 is 1.00 bits per heavy atom. The maximum Gasteiger partial charge on any atom is 0.228 e. The number of benzene rings is 3. The molecule has 0 bridgehead atoms. The Balaban J connectivity index is 1.19. The molecule has 0 unspecified atom stereocenters. The molecule has 3 heterocycles. The van der Waals surface area contributed by atoms with Gasteiger partial charge in [-0.25, -0.2) is 0 Å². The predicted octanol–water partition coefficient (Wildman–Crippen LogP) is 6.93. The Morgan fingerprint density at radius 2 is 1.80 bits per heavy atom. The van der Waals surface area contributed by atoms with Crippen LogP contribution in [0.2, 0.25) is 0 Å². The topological polar surface area (TPSA) is 46.5 Å². The van der Waals surface area contributed by atoms with Gasteiger partial charge in [0, 0.05) is 76.7 Å². The van der Waals surface area contributed by atoms with E-state index in [0.717, 1.165) is 51.9 Å². The highest BCUT2D eigenvalue weighted by atomic mass is 32.1. The zero-order valence-electron chi connectivity index (χ0n) is 23.1. The van der Waals surface area contributed by atoms with Gasteiger partial charge in [-0.05, 0) is 73.5 Å². The van der Waals surface area contributed by atoms with Crippen molar-refractivity contribution in [3.63, 3.8) is 0 Å². The molecule has 2 aliphatic rings. The number of aryl methyl sites for hydroxylation is 1. The highest BCUT2D eigenvalue weighted by Gasteiger charge is 2.40. The summed E-state index contributed by atoms with van der Waals surface area (Å²) in [6.45, 7) is 4.04. The smallest absolute Gasteiger partial charge is 0.228 e. The van der Waals surface area contributed by atoms with Crippen LogP contribution in [0.4, 0.5) is 0 Å². The van der Waals surface area contributed by atoms with E-state index in [9.17, 15) is 4.79 Å². The van der Waals surface area contributed by atoms with Gasteiger partial charge in [0.05, 0.1) is 5.92 Å². The molecule has 1 saturated carbocycles. The summed E-state index contributed by atoms with van der Waals surface area (Å²) in [5, 5.41) is 7.46. The average Bonchev–Trinajstić information content (AvgIpc) is 3.69. The quantitative estimate of drug-likeness (QED) is 0.202. The first kappa shape index (κ1) is 25.8. The van der Waals surface area contributed by atoms with Gasteiger partial charge >= 0.3 is 0 Å². The van der Waals surface area contributed by atoms with Crippen LogP contribution in [0.3, 0.4) is 0 Å². The van der Waals surface area contributed by atoms with Gasteiger partial charge in [-0.3, -0.25) is 4.79 Å². The Hall–Kier alpha value is -3.19. The zero-order chi connectivity index (χ0) is 27.1. The van der Waals surface area contributed by atoms with E-state index in [1.54, 1.807) is 7.11 Å². The van der Waals surface area contributed by atoms with Gasteiger partial charge in [0.15, 0.2) is 0 Å². The molecule has 6 heteroatoms. The summed E-state index contributed by atoms with van der Waals surface area (Å²) in [5.41, 5.74) is 3.80. The molecule has 2 aromatic heterocycles. The van der Waals surface area contributed by atoms with E-state index in [4.69, 9.17) is 4.74 Å². The predicted molar refractivity (Wildman–Crippen MR) is 165 cm³/mol. The molecule has 3 aromatic carbocycles. The first-order valence-electron chi connectivity index (χ1n) is 14.7. The Labute approximate surface area is 239 Å². The van der Waals surface area contributed by atoms with Crippen LogP contribution in [-0.2, 0) is 22.6 Å². The van der Waals surface area contributed by atoms with Crippen molar-refractivity contribution in [2.45, 2.75) is 50.7 Å². The molecule has 2 fully saturated rings. The van der Waals surface area contributed by atoms with Gasteiger partial charge in [0.2, 0.25) is 5.91 Å². The Kier molecular flexibility index (Phi) is 7.08. The number of hydrogen-bond donors (Lipinski definition) is 1. The number of fused-ring (bicyclic) bond motifs is 4. The normalized spacial score (nSPS) is 19.5. The number of nitrogens with one attached hydrogen (secondary N) is 1. The maximum atomic E-state index is 14.4. The molecule has 0 spiro atoms. The number of ether oxygens (including phenoxy) is 1. The van der Waals surface area contributed by atoms with Crippen molar-refractivity contribution < 1.29 is 9.53 Å². The summed E-state index contributed by atoms with van der Waals surface area (Å²) < 4.78 is 10.3. The van der Waals surface area contributed by atoms with E-state index in [2.05, 4.69) is 87.7 Å². The first-order valence-corrected chi connectivity index (χ1v) is 15.5. The number of thiophene rings is 1. The second-order valence-electron chi connectivity index (χ2n) is 11.5. The molecule has 5 aromatic rings. The minimum atomic E-state index is -0.0493. The van der Waals surface area contributed by atoms with E-state index < -0.39 is 0 Å². The van der Waals surface area contributed by atoms with E-state index in [1.807, 2.05) is 11.3 Å². The second kappa shape index (κ2) is 11.0. The highest BCUT2D eigenvalue weighted by molar-refractivity contribution is 7.25. The van der Waals surface area contributed by atoms with E-state index >= 15 is 0 Å². The molecule has 1 N–H and O–H groups in total. The summed E-state index contributed by atoms with van der Waals surface area (Å²) in [5.74, 6) is 0.492. The highest BCUT2D eigenvalue weighted by Crippen LogP contribution is 2.40. The fourth-order valence-electron chi connectivity index (χ4n) is 6.67. The molecule has 206 valence electrons. The summed E-state index contributed by atoms with van der Waals surface area (Å²) >= 11 is 1.85. The van der Waals surface area contributed by atoms with E-state index in [0.29, 0.717) is 18.5 Å². The minimum absolute atomic E-state index is 0.0493. The van der Waals surface area contributed by atoms with Crippen LogP contribution in [0.25, 0.3) is 31.1 Å². The van der Waals surface area contributed by atoms with Crippen molar-refractivity contribution in [3.8, 4) is 0 Å². The molecule has 1 aliphatic heterocycles. The molecule has 7 rings (SSSR count). The second-order valence-corrected chi connectivity index (χ2v) is 12.6. The van der Waals surface area contributed by atoms with Gasteiger partial charge in [0.25, 0.3) is 0 Å². The van der Waals surface area contributed by atoms with Gasteiger partial charge in [-0.15, -0.1) is 11.3 Å². The van der Waals surface area contributed by atoms with E-state index in [-0.39, 0.29) is 11.8 Å². The summed E-state index contributed by atoms with van der Waals surface area (Å²) in [6, 6.07) is 24.6. The fraction of sp³-hybridized carbons (Fsp3) is 0.382. The lowest BCUT2D eigenvalue weighted by Gasteiger charge is -2.35. The lowest BCUT2D eigenvalue weighted by molar-refractivity contribution is -0.138. The number of rotatable bonds is 9. The van der Waals surface area contributed by atoms with Crippen molar-refractivity contribution in [2.75, 3.05) is 26.8 Å². The summed E-state index contributed by atoms with van der Waals surface area (Å²) in [4.78, 5) is 16.6. The number of carbonyl (C=O) groups is 1. The van der Waals surface area contributed by atoms with Crippen molar-refractivity contribution >= 4 is 48.3 Å². The van der Waals surface area contributed by atoms with Crippen molar-refractivity contribution in [1.29, 1.82) is 0 Å². The average molecular weight is 552 g/mol. The van der Waals surface area contributed by atoms with Crippen molar-refractivity contribution in [2.24, 2.45) is 5.92 Å². The number of methoxy groups -OCH3 is 1. The first-order chi connectivity index (χ1) is 19.7.